The van der Waals surface area contributed by atoms with Crippen LogP contribution in [-0.2, 0) is 4.79 Å². The predicted octanol–water partition coefficient (Wildman–Crippen LogP) is 4.80. The third-order valence-electron chi connectivity index (χ3n) is 3.63. The van der Waals surface area contributed by atoms with E-state index in [1.165, 1.54) is 20.9 Å². The zero-order chi connectivity index (χ0) is 14.8. The molecule has 0 saturated heterocycles. The number of aryl methyl sites for hydroxylation is 2. The number of rotatable bonds is 4. The lowest BCUT2D eigenvalue weighted by atomic mass is 10.2. The molecule has 0 spiro atoms. The molecule has 0 aromatic heterocycles. The summed E-state index contributed by atoms with van der Waals surface area (Å²) in [5.41, 5.74) is 3.47. The van der Waals surface area contributed by atoms with Crippen LogP contribution in [0.15, 0.2) is 52.3 Å². The minimum atomic E-state index is 0.157. The molecular formula is C18H19NOS. The summed E-state index contributed by atoms with van der Waals surface area (Å²) in [7, 11) is 0. The second-order valence-corrected chi connectivity index (χ2v) is 6.77. The predicted molar refractivity (Wildman–Crippen MR) is 87.8 cm³/mol. The maximum absolute atomic E-state index is 11.7. The number of anilines is 1. The van der Waals surface area contributed by atoms with Crippen LogP contribution in [0.3, 0.4) is 0 Å². The average Bonchev–Trinajstić information content (AvgIpc) is 3.28. The quantitative estimate of drug-likeness (QED) is 0.878. The number of nitrogens with one attached hydrogen (secondary N) is 1. The first-order chi connectivity index (χ1) is 10.1. The van der Waals surface area contributed by atoms with Gasteiger partial charge in [0.25, 0.3) is 0 Å². The number of benzene rings is 2. The Labute approximate surface area is 130 Å². The van der Waals surface area contributed by atoms with E-state index in [2.05, 4.69) is 49.5 Å². The SMILES string of the molecule is Cc1ccc(Sc2ccc(NC(=O)C3CC3)cc2)c(C)c1. The van der Waals surface area contributed by atoms with Crippen molar-refractivity contribution in [2.45, 2.75) is 36.5 Å². The summed E-state index contributed by atoms with van der Waals surface area (Å²) >= 11 is 1.76. The maximum Gasteiger partial charge on any atom is 0.227 e. The monoisotopic (exact) mass is 297 g/mol. The van der Waals surface area contributed by atoms with Gasteiger partial charge in [0, 0.05) is 21.4 Å². The van der Waals surface area contributed by atoms with Gasteiger partial charge >= 0.3 is 0 Å². The second kappa shape index (κ2) is 5.94. The number of hydrogen-bond acceptors (Lipinski definition) is 2. The highest BCUT2D eigenvalue weighted by atomic mass is 32.2. The second-order valence-electron chi connectivity index (χ2n) is 5.66. The molecule has 0 aliphatic heterocycles. The average molecular weight is 297 g/mol. The van der Waals surface area contributed by atoms with Crippen LogP contribution in [0, 0.1) is 19.8 Å². The van der Waals surface area contributed by atoms with E-state index in [4.69, 9.17) is 0 Å². The normalized spacial score (nSPS) is 14.0. The van der Waals surface area contributed by atoms with Crippen LogP contribution < -0.4 is 5.32 Å². The molecule has 108 valence electrons. The summed E-state index contributed by atoms with van der Waals surface area (Å²) < 4.78 is 0. The van der Waals surface area contributed by atoms with E-state index in [9.17, 15) is 4.79 Å². The summed E-state index contributed by atoms with van der Waals surface area (Å²) in [4.78, 5) is 14.2. The first kappa shape index (κ1) is 14.2. The van der Waals surface area contributed by atoms with Crippen LogP contribution in [0.25, 0.3) is 0 Å². The van der Waals surface area contributed by atoms with Crippen molar-refractivity contribution in [1.82, 2.24) is 0 Å². The fourth-order valence-corrected chi connectivity index (χ4v) is 3.12. The molecule has 1 saturated carbocycles. The molecule has 0 bridgehead atoms. The Morgan fingerprint density at radius 2 is 1.81 bits per heavy atom. The molecule has 2 aromatic carbocycles. The zero-order valence-corrected chi connectivity index (χ0v) is 13.2. The Bertz CT molecular complexity index is 659. The van der Waals surface area contributed by atoms with Gasteiger partial charge < -0.3 is 5.32 Å². The number of amides is 1. The van der Waals surface area contributed by atoms with E-state index in [1.54, 1.807) is 11.8 Å². The van der Waals surface area contributed by atoms with Gasteiger partial charge in [-0.05, 0) is 62.6 Å². The molecule has 0 atom stereocenters. The first-order valence-corrected chi connectivity index (χ1v) is 8.09. The lowest BCUT2D eigenvalue weighted by Gasteiger charge is -2.08. The third kappa shape index (κ3) is 3.67. The molecule has 21 heavy (non-hydrogen) atoms. The fourth-order valence-electron chi connectivity index (χ4n) is 2.24. The smallest absolute Gasteiger partial charge is 0.227 e. The van der Waals surface area contributed by atoms with Gasteiger partial charge in [-0.2, -0.15) is 0 Å². The first-order valence-electron chi connectivity index (χ1n) is 7.28. The van der Waals surface area contributed by atoms with Crippen molar-refractivity contribution < 1.29 is 4.79 Å². The molecule has 3 heteroatoms. The summed E-state index contributed by atoms with van der Waals surface area (Å²) in [5, 5.41) is 2.97. The summed E-state index contributed by atoms with van der Waals surface area (Å²) in [6, 6.07) is 14.6. The molecule has 1 N–H and O–H groups in total. The van der Waals surface area contributed by atoms with Crippen LogP contribution in [0.5, 0.6) is 0 Å². The van der Waals surface area contributed by atoms with Gasteiger partial charge in [0.1, 0.15) is 0 Å². The van der Waals surface area contributed by atoms with Crippen molar-refractivity contribution in [3.63, 3.8) is 0 Å². The van der Waals surface area contributed by atoms with Gasteiger partial charge in [0.05, 0.1) is 0 Å². The van der Waals surface area contributed by atoms with E-state index in [-0.39, 0.29) is 11.8 Å². The lowest BCUT2D eigenvalue weighted by Crippen LogP contribution is -2.12. The third-order valence-corrected chi connectivity index (χ3v) is 4.81. The van der Waals surface area contributed by atoms with Crippen LogP contribution in [0.1, 0.15) is 24.0 Å². The highest BCUT2D eigenvalue weighted by Gasteiger charge is 2.29. The maximum atomic E-state index is 11.7. The molecule has 2 nitrogen and oxygen atoms in total. The number of carbonyl (C=O) groups is 1. The van der Waals surface area contributed by atoms with Crippen LogP contribution in [0.2, 0.25) is 0 Å². The summed E-state index contributed by atoms with van der Waals surface area (Å²) in [6.45, 7) is 4.25. The minimum absolute atomic E-state index is 0.157. The van der Waals surface area contributed by atoms with Crippen molar-refractivity contribution in [1.29, 1.82) is 0 Å². The largest absolute Gasteiger partial charge is 0.326 e. The van der Waals surface area contributed by atoms with E-state index >= 15 is 0 Å². The van der Waals surface area contributed by atoms with Gasteiger partial charge in [0.2, 0.25) is 5.91 Å². The van der Waals surface area contributed by atoms with Gasteiger partial charge in [0.15, 0.2) is 0 Å². The Kier molecular flexibility index (Phi) is 4.02. The van der Waals surface area contributed by atoms with Gasteiger partial charge in [-0.3, -0.25) is 4.79 Å². The van der Waals surface area contributed by atoms with Crippen molar-refractivity contribution >= 4 is 23.4 Å². The fraction of sp³-hybridized carbons (Fsp3) is 0.278. The van der Waals surface area contributed by atoms with E-state index in [0.29, 0.717) is 0 Å². The highest BCUT2D eigenvalue weighted by Crippen LogP contribution is 2.32. The molecule has 1 aliphatic carbocycles. The number of hydrogen-bond donors (Lipinski definition) is 1. The van der Waals surface area contributed by atoms with Crippen molar-refractivity contribution in [2.24, 2.45) is 5.92 Å². The van der Waals surface area contributed by atoms with E-state index < -0.39 is 0 Å². The molecule has 0 unspecified atom stereocenters. The minimum Gasteiger partial charge on any atom is -0.326 e. The number of carbonyl (C=O) groups excluding carboxylic acids is 1. The Morgan fingerprint density at radius 1 is 1.10 bits per heavy atom. The Morgan fingerprint density at radius 3 is 2.43 bits per heavy atom. The van der Waals surface area contributed by atoms with E-state index in [0.717, 1.165) is 18.5 Å². The molecule has 2 aromatic rings. The molecule has 1 fully saturated rings. The Hall–Kier alpha value is -1.74. The molecular weight excluding hydrogens is 278 g/mol. The Balaban J connectivity index is 1.67. The molecule has 1 amide bonds. The molecule has 0 radical (unpaired) electrons. The topological polar surface area (TPSA) is 29.1 Å². The van der Waals surface area contributed by atoms with Gasteiger partial charge in [-0.1, -0.05) is 29.5 Å². The zero-order valence-electron chi connectivity index (χ0n) is 12.3. The summed E-state index contributed by atoms with van der Waals surface area (Å²) in [6.07, 6.45) is 2.07. The van der Waals surface area contributed by atoms with Gasteiger partial charge in [-0.25, -0.2) is 0 Å². The summed E-state index contributed by atoms with van der Waals surface area (Å²) in [5.74, 6) is 0.402. The van der Waals surface area contributed by atoms with Crippen molar-refractivity contribution in [2.75, 3.05) is 5.32 Å². The van der Waals surface area contributed by atoms with E-state index in [1.807, 2.05) is 12.1 Å². The molecule has 3 rings (SSSR count). The van der Waals surface area contributed by atoms with Crippen LogP contribution >= 0.6 is 11.8 Å². The van der Waals surface area contributed by atoms with Crippen molar-refractivity contribution in [3.05, 3.63) is 53.6 Å². The van der Waals surface area contributed by atoms with Crippen LogP contribution in [-0.4, -0.2) is 5.91 Å². The standard InChI is InChI=1S/C18H19NOS/c1-12-3-10-17(13(2)11-12)21-16-8-6-15(7-9-16)19-18(20)14-4-5-14/h3,6-11,14H,4-5H2,1-2H3,(H,19,20). The van der Waals surface area contributed by atoms with Gasteiger partial charge in [-0.15, -0.1) is 0 Å². The van der Waals surface area contributed by atoms with Crippen molar-refractivity contribution in [3.8, 4) is 0 Å². The molecule has 0 heterocycles. The highest BCUT2D eigenvalue weighted by molar-refractivity contribution is 7.99. The van der Waals surface area contributed by atoms with Crippen LogP contribution in [0.4, 0.5) is 5.69 Å². The molecule has 1 aliphatic rings. The lowest BCUT2D eigenvalue weighted by molar-refractivity contribution is -0.117.